The minimum atomic E-state index is 0.972. The molecule has 1 rings (SSSR count). The van der Waals surface area contributed by atoms with Crippen molar-refractivity contribution in [3.8, 4) is 0 Å². The maximum absolute atomic E-state index is 5.00. The fraction of sp³-hybridized carbons (Fsp3) is 0.222. The molecule has 0 spiro atoms. The molecular weight excluding hydrogens is 172 g/mol. The van der Waals surface area contributed by atoms with Crippen molar-refractivity contribution in [2.75, 3.05) is 0 Å². The Morgan fingerprint density at radius 2 is 2.00 bits per heavy atom. The van der Waals surface area contributed by atoms with Gasteiger partial charge in [-0.05, 0) is 25.5 Å². The lowest BCUT2D eigenvalue weighted by molar-refractivity contribution is 1.31. The van der Waals surface area contributed by atoms with E-state index in [9.17, 15) is 0 Å². The van der Waals surface area contributed by atoms with Gasteiger partial charge in [-0.1, -0.05) is 42.2 Å². The fourth-order valence-electron chi connectivity index (χ4n) is 0.826. The first-order valence-electron chi connectivity index (χ1n) is 3.44. The van der Waals surface area contributed by atoms with E-state index >= 15 is 0 Å². The molecule has 0 saturated heterocycles. The quantitative estimate of drug-likeness (QED) is 0.482. The van der Waals surface area contributed by atoms with Crippen molar-refractivity contribution in [2.45, 2.75) is 18.7 Å². The molecule has 1 aromatic carbocycles. The van der Waals surface area contributed by atoms with E-state index in [4.69, 9.17) is 12.2 Å². The Kier molecular flexibility index (Phi) is 3.09. The van der Waals surface area contributed by atoms with Gasteiger partial charge in [-0.2, -0.15) is 0 Å². The monoisotopic (exact) mass is 182 g/mol. The van der Waals surface area contributed by atoms with E-state index in [1.54, 1.807) is 11.8 Å². The van der Waals surface area contributed by atoms with Crippen LogP contribution in [-0.2, 0) is 0 Å². The maximum atomic E-state index is 5.00. The average molecular weight is 182 g/mol. The zero-order chi connectivity index (χ0) is 8.27. The third-order valence-corrected chi connectivity index (χ3v) is 2.56. The van der Waals surface area contributed by atoms with Crippen LogP contribution in [0.4, 0.5) is 0 Å². The van der Waals surface area contributed by atoms with Crippen LogP contribution in [0.5, 0.6) is 0 Å². The first-order valence-corrected chi connectivity index (χ1v) is 4.66. The number of aryl methyl sites for hydroxylation is 1. The molecule has 2 heteroatoms. The Morgan fingerprint density at radius 1 is 1.36 bits per heavy atom. The molecule has 0 bridgehead atoms. The highest BCUT2D eigenvalue weighted by molar-refractivity contribution is 8.23. The van der Waals surface area contributed by atoms with Crippen molar-refractivity contribution in [1.82, 2.24) is 0 Å². The number of hydrogen-bond acceptors (Lipinski definition) is 2. The van der Waals surface area contributed by atoms with Crippen molar-refractivity contribution in [1.29, 1.82) is 0 Å². The molecule has 1 aromatic rings. The predicted molar refractivity (Wildman–Crippen MR) is 55.3 cm³/mol. The van der Waals surface area contributed by atoms with E-state index in [0.29, 0.717) is 0 Å². The fourth-order valence-corrected chi connectivity index (χ4v) is 1.78. The van der Waals surface area contributed by atoms with E-state index in [1.807, 2.05) is 19.1 Å². The van der Waals surface area contributed by atoms with Gasteiger partial charge in [0.05, 0.1) is 0 Å². The zero-order valence-corrected chi connectivity index (χ0v) is 8.26. The summed E-state index contributed by atoms with van der Waals surface area (Å²) in [7, 11) is 0. The van der Waals surface area contributed by atoms with Gasteiger partial charge in [0.2, 0.25) is 0 Å². The van der Waals surface area contributed by atoms with Crippen molar-refractivity contribution >= 4 is 28.2 Å². The molecule has 0 aliphatic carbocycles. The summed E-state index contributed by atoms with van der Waals surface area (Å²) in [6, 6.07) is 8.27. The molecule has 11 heavy (non-hydrogen) atoms. The van der Waals surface area contributed by atoms with Gasteiger partial charge in [-0.3, -0.25) is 0 Å². The number of benzene rings is 1. The lowest BCUT2D eigenvalue weighted by atomic mass is 10.2. The second-order valence-electron chi connectivity index (χ2n) is 2.36. The first-order chi connectivity index (χ1) is 5.20. The number of rotatable bonds is 1. The smallest absolute Gasteiger partial charge is 0.0496 e. The molecule has 0 atom stereocenters. The van der Waals surface area contributed by atoms with Crippen LogP contribution >= 0.6 is 24.0 Å². The third-order valence-electron chi connectivity index (χ3n) is 1.35. The minimum absolute atomic E-state index is 0.972. The summed E-state index contributed by atoms with van der Waals surface area (Å²) in [6.07, 6.45) is 0. The molecule has 0 heterocycles. The largest absolute Gasteiger partial charge is 0.0828 e. The van der Waals surface area contributed by atoms with Gasteiger partial charge in [0.1, 0.15) is 0 Å². The molecule has 0 fully saturated rings. The van der Waals surface area contributed by atoms with E-state index in [-0.39, 0.29) is 0 Å². The van der Waals surface area contributed by atoms with Gasteiger partial charge >= 0.3 is 0 Å². The number of thiocarbonyl (C=S) groups is 1. The molecule has 0 nitrogen and oxygen atoms in total. The molecule has 0 aliphatic rings. The van der Waals surface area contributed by atoms with Crippen LogP contribution in [0.2, 0.25) is 0 Å². The van der Waals surface area contributed by atoms with Crippen LogP contribution < -0.4 is 0 Å². The second-order valence-corrected chi connectivity index (χ2v) is 4.49. The van der Waals surface area contributed by atoms with E-state index in [2.05, 4.69) is 19.1 Å². The van der Waals surface area contributed by atoms with Crippen molar-refractivity contribution in [3.63, 3.8) is 0 Å². The highest BCUT2D eigenvalue weighted by atomic mass is 32.2. The van der Waals surface area contributed by atoms with Gasteiger partial charge in [0.25, 0.3) is 0 Å². The van der Waals surface area contributed by atoms with Gasteiger partial charge in [-0.15, -0.1) is 0 Å². The summed E-state index contributed by atoms with van der Waals surface area (Å²) in [5.41, 5.74) is 1.29. The highest BCUT2D eigenvalue weighted by Crippen LogP contribution is 2.22. The summed E-state index contributed by atoms with van der Waals surface area (Å²) < 4.78 is 0.972. The highest BCUT2D eigenvalue weighted by Gasteiger charge is 1.97. The van der Waals surface area contributed by atoms with Crippen LogP contribution in [0.3, 0.4) is 0 Å². The first kappa shape index (κ1) is 8.75. The molecule has 0 aliphatic heterocycles. The zero-order valence-electron chi connectivity index (χ0n) is 6.63. The van der Waals surface area contributed by atoms with Gasteiger partial charge in [0, 0.05) is 9.09 Å². The summed E-state index contributed by atoms with van der Waals surface area (Å²) in [4.78, 5) is 1.26. The summed E-state index contributed by atoms with van der Waals surface area (Å²) >= 11 is 6.66. The average Bonchev–Trinajstić information content (AvgIpc) is 1.93. The Balaban J connectivity index is 2.86. The topological polar surface area (TPSA) is 0 Å². The van der Waals surface area contributed by atoms with Crippen LogP contribution in [0.15, 0.2) is 29.2 Å². The van der Waals surface area contributed by atoms with E-state index in [1.165, 1.54) is 10.5 Å². The predicted octanol–water partition coefficient (Wildman–Crippen LogP) is 3.43. The van der Waals surface area contributed by atoms with Crippen LogP contribution in [0.25, 0.3) is 0 Å². The second kappa shape index (κ2) is 3.88. The normalized spacial score (nSPS) is 9.64. The minimum Gasteiger partial charge on any atom is -0.0828 e. The third kappa shape index (κ3) is 2.64. The Hall–Kier alpha value is -0.340. The lowest BCUT2D eigenvalue weighted by Crippen LogP contribution is -1.81. The molecule has 0 saturated carbocycles. The summed E-state index contributed by atoms with van der Waals surface area (Å²) in [5.74, 6) is 0. The van der Waals surface area contributed by atoms with Gasteiger partial charge in [0.15, 0.2) is 0 Å². The van der Waals surface area contributed by atoms with Gasteiger partial charge < -0.3 is 0 Å². The van der Waals surface area contributed by atoms with Crippen molar-refractivity contribution < 1.29 is 0 Å². The van der Waals surface area contributed by atoms with Crippen LogP contribution in [0.1, 0.15) is 12.5 Å². The SMILES string of the molecule is CC(=S)Sc1ccccc1C. The standard InChI is InChI=1S/C9H10S2/c1-7-5-3-4-6-9(7)11-8(2)10/h3-6H,1-2H3. The molecule has 58 valence electrons. The molecular formula is C9H10S2. The van der Waals surface area contributed by atoms with Crippen molar-refractivity contribution in [3.05, 3.63) is 29.8 Å². The van der Waals surface area contributed by atoms with E-state index in [0.717, 1.165) is 4.20 Å². The molecule has 0 N–H and O–H groups in total. The number of thioether (sulfide) groups is 1. The summed E-state index contributed by atoms with van der Waals surface area (Å²) in [6.45, 7) is 4.05. The Bertz CT molecular complexity index is 266. The Labute approximate surface area is 77.0 Å². The Morgan fingerprint density at radius 3 is 2.55 bits per heavy atom. The van der Waals surface area contributed by atoms with Crippen molar-refractivity contribution in [2.24, 2.45) is 0 Å². The van der Waals surface area contributed by atoms with Gasteiger partial charge in [-0.25, -0.2) is 0 Å². The molecule has 0 aromatic heterocycles. The molecule has 0 amide bonds. The summed E-state index contributed by atoms with van der Waals surface area (Å²) in [5, 5.41) is 0. The lowest BCUT2D eigenvalue weighted by Gasteiger charge is -2.01. The van der Waals surface area contributed by atoms with E-state index < -0.39 is 0 Å². The number of hydrogen-bond donors (Lipinski definition) is 0. The molecule has 0 unspecified atom stereocenters. The maximum Gasteiger partial charge on any atom is 0.0496 e. The van der Waals surface area contributed by atoms with Crippen LogP contribution in [-0.4, -0.2) is 4.20 Å². The molecule has 0 radical (unpaired) electrons. The van der Waals surface area contributed by atoms with Crippen LogP contribution in [0, 0.1) is 6.92 Å².